The number of azo groups is 1. The van der Waals surface area contributed by atoms with Gasteiger partial charge in [0.1, 0.15) is 11.4 Å². The molecule has 2 rings (SSSR count). The number of rotatable bonds is 2. The summed E-state index contributed by atoms with van der Waals surface area (Å²) in [5.74, 6) is 0.160. The Morgan fingerprint density at radius 3 is 2.44 bits per heavy atom. The highest BCUT2D eigenvalue weighted by Gasteiger charge is 2.05. The van der Waals surface area contributed by atoms with E-state index in [0.29, 0.717) is 5.69 Å². The predicted molar refractivity (Wildman–Crippen MR) is 83.9 cm³/mol. The second kappa shape index (κ2) is 5.79. The number of aromatic hydroxyl groups is 1. The van der Waals surface area contributed by atoms with Crippen LogP contribution in [0.5, 0.6) is 5.75 Å². The van der Waals surface area contributed by atoms with Gasteiger partial charge in [0.25, 0.3) is 0 Å². The van der Waals surface area contributed by atoms with Crippen LogP contribution in [0.15, 0.2) is 51.1 Å². The van der Waals surface area contributed by atoms with E-state index < -0.39 is 0 Å². The molecule has 0 fully saturated rings. The monoisotopic (exact) mass is 416 g/mol. The topological polar surface area (TPSA) is 45.0 Å². The van der Waals surface area contributed by atoms with E-state index in [0.717, 1.165) is 19.3 Å². The first-order valence-electron chi connectivity index (χ1n) is 5.22. The SMILES string of the molecule is Cc1cc(Br)cc(N=Nc2ccc(I)cc2)c1O. The third-order valence-corrected chi connectivity index (χ3v) is 3.52. The van der Waals surface area contributed by atoms with E-state index in [1.54, 1.807) is 6.07 Å². The normalized spacial score (nSPS) is 11.1. The minimum Gasteiger partial charge on any atom is -0.505 e. The molecule has 0 heterocycles. The molecule has 0 atom stereocenters. The number of phenolic OH excluding ortho intramolecular Hbond substituents is 1. The summed E-state index contributed by atoms with van der Waals surface area (Å²) in [4.78, 5) is 0. The summed E-state index contributed by atoms with van der Waals surface area (Å²) in [5, 5.41) is 18.0. The summed E-state index contributed by atoms with van der Waals surface area (Å²) >= 11 is 5.60. The highest BCUT2D eigenvalue weighted by molar-refractivity contribution is 14.1. The Morgan fingerprint density at radius 2 is 1.78 bits per heavy atom. The van der Waals surface area contributed by atoms with Gasteiger partial charge in [-0.25, -0.2) is 0 Å². The largest absolute Gasteiger partial charge is 0.505 e. The van der Waals surface area contributed by atoms with E-state index in [1.165, 1.54) is 0 Å². The van der Waals surface area contributed by atoms with Crippen molar-refractivity contribution in [2.75, 3.05) is 0 Å². The van der Waals surface area contributed by atoms with Crippen LogP contribution in [0, 0.1) is 10.5 Å². The summed E-state index contributed by atoms with van der Waals surface area (Å²) in [6.07, 6.45) is 0. The fraction of sp³-hybridized carbons (Fsp3) is 0.0769. The fourth-order valence-corrected chi connectivity index (χ4v) is 2.33. The first-order chi connectivity index (χ1) is 8.56. The van der Waals surface area contributed by atoms with Gasteiger partial charge in [-0.15, -0.1) is 5.11 Å². The zero-order valence-corrected chi connectivity index (χ0v) is 13.3. The van der Waals surface area contributed by atoms with E-state index in [1.807, 2.05) is 37.3 Å². The van der Waals surface area contributed by atoms with Crippen molar-refractivity contribution in [1.82, 2.24) is 0 Å². The van der Waals surface area contributed by atoms with Crippen molar-refractivity contribution in [1.29, 1.82) is 0 Å². The summed E-state index contributed by atoms with van der Waals surface area (Å²) in [5.41, 5.74) is 1.98. The number of hydrogen-bond donors (Lipinski definition) is 1. The Hall–Kier alpha value is -0.950. The van der Waals surface area contributed by atoms with Crippen LogP contribution in [0.3, 0.4) is 0 Å². The van der Waals surface area contributed by atoms with Gasteiger partial charge in [-0.05, 0) is 71.5 Å². The highest BCUT2D eigenvalue weighted by atomic mass is 127. The van der Waals surface area contributed by atoms with Crippen LogP contribution in [0.1, 0.15) is 5.56 Å². The van der Waals surface area contributed by atoms with E-state index in [-0.39, 0.29) is 5.75 Å². The van der Waals surface area contributed by atoms with Gasteiger partial charge in [0.15, 0.2) is 0 Å². The van der Waals surface area contributed by atoms with Crippen molar-refractivity contribution < 1.29 is 5.11 Å². The van der Waals surface area contributed by atoms with Crippen LogP contribution < -0.4 is 0 Å². The van der Waals surface area contributed by atoms with Gasteiger partial charge in [-0.2, -0.15) is 5.11 Å². The second-order valence-electron chi connectivity index (χ2n) is 3.77. The molecule has 3 nitrogen and oxygen atoms in total. The maximum Gasteiger partial charge on any atom is 0.146 e. The van der Waals surface area contributed by atoms with Crippen molar-refractivity contribution in [3.05, 3.63) is 50.0 Å². The molecule has 0 bridgehead atoms. The van der Waals surface area contributed by atoms with Gasteiger partial charge < -0.3 is 5.11 Å². The second-order valence-corrected chi connectivity index (χ2v) is 5.93. The first-order valence-corrected chi connectivity index (χ1v) is 7.10. The molecule has 0 radical (unpaired) electrons. The molecule has 0 saturated carbocycles. The number of nitrogens with zero attached hydrogens (tertiary/aromatic N) is 2. The van der Waals surface area contributed by atoms with Gasteiger partial charge in [0.2, 0.25) is 0 Å². The predicted octanol–water partition coefficient (Wildman–Crippen LogP) is 5.48. The molecule has 0 aromatic heterocycles. The van der Waals surface area contributed by atoms with Gasteiger partial charge >= 0.3 is 0 Å². The molecule has 0 aliphatic heterocycles. The molecule has 2 aromatic rings. The molecular formula is C13H10BrIN2O. The Morgan fingerprint density at radius 1 is 1.11 bits per heavy atom. The molecule has 92 valence electrons. The number of phenols is 1. The van der Waals surface area contributed by atoms with E-state index in [4.69, 9.17) is 0 Å². The van der Waals surface area contributed by atoms with E-state index in [2.05, 4.69) is 48.7 Å². The Bertz CT molecular complexity index is 597. The fourth-order valence-electron chi connectivity index (χ4n) is 1.41. The minimum absolute atomic E-state index is 0.160. The molecule has 18 heavy (non-hydrogen) atoms. The lowest BCUT2D eigenvalue weighted by Gasteiger charge is -2.02. The Labute approximate surface area is 127 Å². The maximum atomic E-state index is 9.87. The van der Waals surface area contributed by atoms with Gasteiger partial charge in [0.05, 0.1) is 5.69 Å². The van der Waals surface area contributed by atoms with Crippen LogP contribution in [-0.4, -0.2) is 5.11 Å². The molecule has 5 heteroatoms. The van der Waals surface area contributed by atoms with Crippen LogP contribution in [0.2, 0.25) is 0 Å². The summed E-state index contributed by atoms with van der Waals surface area (Å²) < 4.78 is 2.02. The van der Waals surface area contributed by atoms with Crippen molar-refractivity contribution in [2.24, 2.45) is 10.2 Å². The third kappa shape index (κ3) is 3.29. The Kier molecular flexibility index (Phi) is 4.34. The lowest BCUT2D eigenvalue weighted by atomic mass is 10.2. The minimum atomic E-state index is 0.160. The van der Waals surface area contributed by atoms with Gasteiger partial charge in [-0.3, -0.25) is 0 Å². The zero-order chi connectivity index (χ0) is 13.1. The zero-order valence-electron chi connectivity index (χ0n) is 9.56. The van der Waals surface area contributed by atoms with Crippen LogP contribution in [-0.2, 0) is 0 Å². The first kappa shape index (κ1) is 13.5. The lowest BCUT2D eigenvalue weighted by molar-refractivity contribution is 0.472. The molecular weight excluding hydrogens is 407 g/mol. The summed E-state index contributed by atoms with van der Waals surface area (Å²) in [6.45, 7) is 1.82. The van der Waals surface area contributed by atoms with Gasteiger partial charge in [0, 0.05) is 8.04 Å². The smallest absolute Gasteiger partial charge is 0.146 e. The summed E-state index contributed by atoms with van der Waals surface area (Å²) in [6, 6.07) is 11.2. The molecule has 0 saturated heterocycles. The van der Waals surface area contributed by atoms with Gasteiger partial charge in [-0.1, -0.05) is 15.9 Å². The molecule has 2 aromatic carbocycles. The van der Waals surface area contributed by atoms with Crippen LogP contribution in [0.4, 0.5) is 11.4 Å². The molecule has 0 aliphatic rings. The molecule has 0 unspecified atom stereocenters. The quantitative estimate of drug-likeness (QED) is 0.511. The molecule has 0 amide bonds. The highest BCUT2D eigenvalue weighted by Crippen LogP contribution is 2.34. The average Bonchev–Trinajstić information content (AvgIpc) is 2.34. The van der Waals surface area contributed by atoms with Crippen LogP contribution in [0.25, 0.3) is 0 Å². The van der Waals surface area contributed by atoms with Crippen molar-refractivity contribution in [2.45, 2.75) is 6.92 Å². The van der Waals surface area contributed by atoms with E-state index in [9.17, 15) is 5.11 Å². The molecule has 1 N–H and O–H groups in total. The standard InChI is InChI=1S/C13H10BrIN2O/c1-8-6-9(14)7-12(13(8)18)17-16-11-4-2-10(15)3-5-11/h2-7,18H,1H3. The molecule has 0 aliphatic carbocycles. The van der Waals surface area contributed by atoms with Crippen LogP contribution >= 0.6 is 38.5 Å². The molecule has 0 spiro atoms. The van der Waals surface area contributed by atoms with Crippen molar-refractivity contribution >= 4 is 49.9 Å². The Balaban J connectivity index is 2.31. The van der Waals surface area contributed by atoms with E-state index >= 15 is 0 Å². The van der Waals surface area contributed by atoms with Crippen molar-refractivity contribution in [3.63, 3.8) is 0 Å². The van der Waals surface area contributed by atoms with Crippen molar-refractivity contribution in [3.8, 4) is 5.75 Å². The number of benzene rings is 2. The average molecular weight is 417 g/mol. The maximum absolute atomic E-state index is 9.87. The third-order valence-electron chi connectivity index (χ3n) is 2.34. The lowest BCUT2D eigenvalue weighted by Crippen LogP contribution is -1.76. The number of aryl methyl sites for hydroxylation is 1. The summed E-state index contributed by atoms with van der Waals surface area (Å²) in [7, 11) is 0. The number of halogens is 2. The number of hydrogen-bond acceptors (Lipinski definition) is 3.